The van der Waals surface area contributed by atoms with Crippen LogP contribution in [-0.2, 0) is 4.79 Å². The van der Waals surface area contributed by atoms with Crippen molar-refractivity contribution in [3.05, 3.63) is 52.0 Å². The molecule has 4 rings (SSSR count). The minimum Gasteiger partial charge on any atom is -0.387 e. The number of likely N-dealkylation sites (tertiary alicyclic amines) is 1. The first-order valence-electron chi connectivity index (χ1n) is 9.83. The van der Waals surface area contributed by atoms with E-state index in [0.717, 1.165) is 12.8 Å². The normalized spacial score (nSPS) is 21.4. The Bertz CT molecular complexity index is 1020. The molecule has 0 aliphatic carbocycles. The number of aryl methyl sites for hydroxylation is 2. The van der Waals surface area contributed by atoms with Crippen LogP contribution in [0.5, 0.6) is 0 Å². The fraction of sp³-hybridized carbons (Fsp3) is 0.476. The van der Waals surface area contributed by atoms with E-state index in [1.54, 1.807) is 30.9 Å². The number of aliphatic hydroxyl groups is 1. The average Bonchev–Trinajstić information content (AvgIpc) is 3.27. The first kappa shape index (κ1) is 19.6. The Morgan fingerprint density at radius 2 is 1.97 bits per heavy atom. The molecule has 2 fully saturated rings. The van der Waals surface area contributed by atoms with Gasteiger partial charge in [-0.1, -0.05) is 0 Å². The monoisotopic (exact) mass is 400 g/mol. The summed E-state index contributed by atoms with van der Waals surface area (Å²) in [6.45, 7) is 5.63. The molecule has 7 nitrogen and oxygen atoms in total. The van der Waals surface area contributed by atoms with Crippen molar-refractivity contribution < 1.29 is 14.3 Å². The quantitative estimate of drug-likeness (QED) is 0.843. The third-order valence-electron chi connectivity index (χ3n) is 6.11. The van der Waals surface area contributed by atoms with E-state index < -0.39 is 6.61 Å². The molecule has 8 heteroatoms. The van der Waals surface area contributed by atoms with Crippen molar-refractivity contribution in [2.45, 2.75) is 26.7 Å². The maximum absolute atomic E-state index is 15.0. The summed E-state index contributed by atoms with van der Waals surface area (Å²) in [4.78, 5) is 32.1. The summed E-state index contributed by atoms with van der Waals surface area (Å²) in [6, 6.07) is 6.26. The molecule has 1 N–H and O–H groups in total. The molecule has 2 saturated heterocycles. The Hall–Kier alpha value is -2.74. The zero-order valence-corrected chi connectivity index (χ0v) is 16.7. The first-order chi connectivity index (χ1) is 13.8. The second-order valence-corrected chi connectivity index (χ2v) is 8.15. The molecule has 2 aromatic rings. The predicted octanol–water partition coefficient (Wildman–Crippen LogP) is 1.41. The SMILES string of the molecule is Cc1cc(=O)n(-c2ccc(N3CCC4(CCN(C(=O)CO)C4)C3)c(F)c2)c(C)n1. The summed E-state index contributed by atoms with van der Waals surface area (Å²) in [5.41, 5.74) is 1.30. The van der Waals surface area contributed by atoms with Crippen LogP contribution in [-0.4, -0.2) is 58.3 Å². The van der Waals surface area contributed by atoms with Gasteiger partial charge >= 0.3 is 0 Å². The van der Waals surface area contributed by atoms with Gasteiger partial charge in [0.15, 0.2) is 0 Å². The van der Waals surface area contributed by atoms with Crippen LogP contribution in [0.15, 0.2) is 29.1 Å². The lowest BCUT2D eigenvalue weighted by atomic mass is 9.86. The molecule has 0 radical (unpaired) electrons. The molecule has 1 amide bonds. The van der Waals surface area contributed by atoms with Crippen molar-refractivity contribution in [3.63, 3.8) is 0 Å². The summed E-state index contributed by atoms with van der Waals surface area (Å²) in [6.07, 6.45) is 1.74. The molecule has 2 aliphatic heterocycles. The molecule has 29 heavy (non-hydrogen) atoms. The minimum absolute atomic E-state index is 0.0512. The lowest BCUT2D eigenvalue weighted by Gasteiger charge is -2.26. The molecule has 1 unspecified atom stereocenters. The number of carbonyl (C=O) groups excluding carboxylic acids is 1. The van der Waals surface area contributed by atoms with Crippen LogP contribution < -0.4 is 10.5 Å². The minimum atomic E-state index is -0.470. The number of halogens is 1. The number of nitrogens with zero attached hydrogens (tertiary/aromatic N) is 4. The van der Waals surface area contributed by atoms with Crippen LogP contribution in [0, 0.1) is 25.1 Å². The molecular weight excluding hydrogens is 375 g/mol. The van der Waals surface area contributed by atoms with E-state index in [0.29, 0.717) is 49.1 Å². The summed E-state index contributed by atoms with van der Waals surface area (Å²) in [7, 11) is 0. The predicted molar refractivity (Wildman–Crippen MR) is 107 cm³/mol. The lowest BCUT2D eigenvalue weighted by Crippen LogP contribution is -2.35. The van der Waals surface area contributed by atoms with Gasteiger partial charge < -0.3 is 14.9 Å². The molecule has 0 bridgehead atoms. The van der Waals surface area contributed by atoms with Gasteiger partial charge in [0.05, 0.1) is 11.4 Å². The Labute approximate surface area is 168 Å². The van der Waals surface area contributed by atoms with Gasteiger partial charge in [-0.3, -0.25) is 14.2 Å². The number of hydrogen-bond donors (Lipinski definition) is 1. The second kappa shape index (κ2) is 7.26. The zero-order chi connectivity index (χ0) is 20.8. The molecule has 1 aromatic carbocycles. The van der Waals surface area contributed by atoms with Crippen molar-refractivity contribution >= 4 is 11.6 Å². The van der Waals surface area contributed by atoms with Crippen LogP contribution in [0.2, 0.25) is 0 Å². The fourth-order valence-electron chi connectivity index (χ4n) is 4.67. The highest BCUT2D eigenvalue weighted by Gasteiger charge is 2.45. The smallest absolute Gasteiger partial charge is 0.258 e. The number of aliphatic hydroxyl groups excluding tert-OH is 1. The molecule has 2 aliphatic rings. The fourth-order valence-corrected chi connectivity index (χ4v) is 4.67. The van der Waals surface area contributed by atoms with Crippen molar-refractivity contribution in [2.75, 3.05) is 37.7 Å². The van der Waals surface area contributed by atoms with Crippen LogP contribution in [0.3, 0.4) is 0 Å². The number of anilines is 1. The maximum atomic E-state index is 15.0. The highest BCUT2D eigenvalue weighted by molar-refractivity contribution is 5.77. The molecule has 3 heterocycles. The molecule has 1 spiro atoms. The van der Waals surface area contributed by atoms with Gasteiger partial charge in [-0.05, 0) is 38.8 Å². The largest absolute Gasteiger partial charge is 0.387 e. The van der Waals surface area contributed by atoms with Crippen molar-refractivity contribution in [2.24, 2.45) is 5.41 Å². The van der Waals surface area contributed by atoms with Crippen LogP contribution in [0.4, 0.5) is 10.1 Å². The van der Waals surface area contributed by atoms with Crippen LogP contribution in [0.1, 0.15) is 24.4 Å². The summed E-state index contributed by atoms with van der Waals surface area (Å²) in [5.74, 6) is -0.113. The second-order valence-electron chi connectivity index (χ2n) is 8.15. The summed E-state index contributed by atoms with van der Waals surface area (Å²) in [5, 5.41) is 9.09. The number of aromatic nitrogens is 2. The van der Waals surface area contributed by atoms with Gasteiger partial charge in [-0.2, -0.15) is 0 Å². The van der Waals surface area contributed by atoms with Crippen molar-refractivity contribution in [1.82, 2.24) is 14.5 Å². The summed E-state index contributed by atoms with van der Waals surface area (Å²) >= 11 is 0. The zero-order valence-electron chi connectivity index (χ0n) is 16.7. The van der Waals surface area contributed by atoms with E-state index in [2.05, 4.69) is 4.98 Å². The lowest BCUT2D eigenvalue weighted by molar-refractivity contribution is -0.133. The molecule has 1 aromatic heterocycles. The van der Waals surface area contributed by atoms with Gasteiger partial charge in [0, 0.05) is 49.4 Å². The third kappa shape index (κ3) is 3.53. The highest BCUT2D eigenvalue weighted by atomic mass is 19.1. The highest BCUT2D eigenvalue weighted by Crippen LogP contribution is 2.41. The number of benzene rings is 1. The van der Waals surface area contributed by atoms with E-state index in [9.17, 15) is 14.0 Å². The van der Waals surface area contributed by atoms with Gasteiger partial charge in [0.1, 0.15) is 18.2 Å². The number of amides is 1. The van der Waals surface area contributed by atoms with Gasteiger partial charge in [0.2, 0.25) is 5.91 Å². The van der Waals surface area contributed by atoms with E-state index in [4.69, 9.17) is 5.11 Å². The van der Waals surface area contributed by atoms with E-state index in [-0.39, 0.29) is 22.7 Å². The number of hydrogen-bond acceptors (Lipinski definition) is 5. The van der Waals surface area contributed by atoms with E-state index in [1.165, 1.54) is 16.7 Å². The Morgan fingerprint density at radius 1 is 1.21 bits per heavy atom. The Morgan fingerprint density at radius 3 is 2.66 bits per heavy atom. The van der Waals surface area contributed by atoms with E-state index >= 15 is 0 Å². The van der Waals surface area contributed by atoms with Crippen molar-refractivity contribution in [3.8, 4) is 5.69 Å². The Balaban J connectivity index is 1.56. The van der Waals surface area contributed by atoms with Crippen LogP contribution >= 0.6 is 0 Å². The first-order valence-corrected chi connectivity index (χ1v) is 9.83. The number of rotatable bonds is 3. The van der Waals surface area contributed by atoms with E-state index in [1.807, 2.05) is 4.90 Å². The standard InChI is InChI=1S/C21H25FN4O3/c1-14-9-19(28)26(15(2)23-14)16-3-4-18(17(22)10-16)24-7-5-21(12-24)6-8-25(13-21)20(29)11-27/h3-4,9-10,27H,5-8,11-13H2,1-2H3. The van der Waals surface area contributed by atoms with Gasteiger partial charge in [-0.15, -0.1) is 0 Å². The van der Waals surface area contributed by atoms with Gasteiger partial charge in [0.25, 0.3) is 5.56 Å². The summed E-state index contributed by atoms with van der Waals surface area (Å²) < 4.78 is 16.4. The third-order valence-corrected chi connectivity index (χ3v) is 6.11. The number of carbonyl (C=O) groups is 1. The molecule has 1 atom stereocenters. The Kier molecular flexibility index (Phi) is 4.90. The average molecular weight is 400 g/mol. The maximum Gasteiger partial charge on any atom is 0.258 e. The van der Waals surface area contributed by atoms with Gasteiger partial charge in [-0.25, -0.2) is 9.37 Å². The van der Waals surface area contributed by atoms with Crippen molar-refractivity contribution in [1.29, 1.82) is 0 Å². The molecular formula is C21H25FN4O3. The topological polar surface area (TPSA) is 78.7 Å². The molecule has 0 saturated carbocycles. The molecule has 154 valence electrons. The van der Waals surface area contributed by atoms with Crippen LogP contribution in [0.25, 0.3) is 5.69 Å².